The summed E-state index contributed by atoms with van der Waals surface area (Å²) in [5.41, 5.74) is 10.5. The average molecular weight is 397 g/mol. The van der Waals surface area contributed by atoms with Gasteiger partial charge in [-0.2, -0.15) is 0 Å². The Bertz CT molecular complexity index is 949. The number of imidazole rings is 1. The highest BCUT2D eigenvalue weighted by Crippen LogP contribution is 2.34. The summed E-state index contributed by atoms with van der Waals surface area (Å²) in [6.45, 7) is 5.17. The summed E-state index contributed by atoms with van der Waals surface area (Å²) in [6.07, 6.45) is 10.8. The van der Waals surface area contributed by atoms with Crippen molar-refractivity contribution in [2.45, 2.75) is 64.1 Å². The molecule has 0 spiro atoms. The molecule has 1 fully saturated rings. The Hall–Kier alpha value is -2.15. The van der Waals surface area contributed by atoms with E-state index < -0.39 is 0 Å². The maximum Gasteiger partial charge on any atom is 0.187 e. The van der Waals surface area contributed by atoms with Gasteiger partial charge in [0, 0.05) is 36.8 Å². The van der Waals surface area contributed by atoms with Crippen LogP contribution in [0.15, 0.2) is 23.6 Å². The normalized spacial score (nSPS) is 14.1. The monoisotopic (exact) mass is 396 g/mol. The van der Waals surface area contributed by atoms with E-state index in [2.05, 4.69) is 26.4 Å². The number of nitrogens with zero attached hydrogens (tertiary/aromatic N) is 5. The van der Waals surface area contributed by atoms with Crippen LogP contribution in [-0.4, -0.2) is 30.3 Å². The van der Waals surface area contributed by atoms with E-state index in [1.807, 2.05) is 13.0 Å². The predicted molar refractivity (Wildman–Crippen MR) is 114 cm³/mol. The second kappa shape index (κ2) is 8.47. The maximum absolute atomic E-state index is 6.20. The molecule has 148 valence electrons. The van der Waals surface area contributed by atoms with E-state index in [1.54, 1.807) is 24.2 Å². The highest BCUT2D eigenvalue weighted by Gasteiger charge is 2.26. The third-order valence-corrected chi connectivity index (χ3v) is 6.40. The summed E-state index contributed by atoms with van der Waals surface area (Å²) in [4.78, 5) is 17.9. The number of unbranched alkanes of at least 4 members (excludes halogenated alkanes) is 2. The Labute approximate surface area is 170 Å². The molecular weight excluding hydrogens is 368 g/mol. The lowest BCUT2D eigenvalue weighted by molar-refractivity contribution is 0.582. The van der Waals surface area contributed by atoms with Crippen LogP contribution in [0, 0.1) is 19.8 Å². The summed E-state index contributed by atoms with van der Waals surface area (Å²) in [6, 6.07) is 1.85. The van der Waals surface area contributed by atoms with E-state index in [1.165, 1.54) is 36.2 Å². The maximum atomic E-state index is 6.20. The molecule has 2 N–H and O–H groups in total. The van der Waals surface area contributed by atoms with E-state index in [9.17, 15) is 0 Å². The number of hydrogen-bond acceptors (Lipinski definition) is 6. The van der Waals surface area contributed by atoms with Gasteiger partial charge in [-0.25, -0.2) is 19.9 Å². The Morgan fingerprint density at radius 2 is 1.89 bits per heavy atom. The first-order valence-corrected chi connectivity index (χ1v) is 11.1. The number of thioether (sulfide) groups is 1. The zero-order valence-corrected chi connectivity index (χ0v) is 17.5. The molecule has 0 aliphatic heterocycles. The Balaban J connectivity index is 1.41. The van der Waals surface area contributed by atoms with Crippen molar-refractivity contribution in [2.75, 3.05) is 11.5 Å². The number of aryl methyl sites for hydroxylation is 3. The SMILES string of the molecule is Cc1nc(N)c2nc(CC3CC3)n(CCCCCSc3ncccn3)c2c1C. The minimum Gasteiger partial charge on any atom is -0.382 e. The van der Waals surface area contributed by atoms with Crippen LogP contribution < -0.4 is 5.73 Å². The number of anilines is 1. The zero-order chi connectivity index (χ0) is 19.5. The number of pyridine rings is 1. The first-order chi connectivity index (χ1) is 13.6. The first-order valence-electron chi connectivity index (χ1n) is 10.1. The smallest absolute Gasteiger partial charge is 0.187 e. The molecule has 3 aromatic heterocycles. The summed E-state index contributed by atoms with van der Waals surface area (Å²) >= 11 is 1.73. The second-order valence-corrected chi connectivity index (χ2v) is 8.73. The molecule has 0 saturated heterocycles. The van der Waals surface area contributed by atoms with Gasteiger partial charge in [-0.15, -0.1) is 0 Å². The Morgan fingerprint density at radius 1 is 1.11 bits per heavy atom. The molecule has 1 aliphatic carbocycles. The average Bonchev–Trinajstić information content (AvgIpc) is 3.43. The van der Waals surface area contributed by atoms with Crippen molar-refractivity contribution in [2.24, 2.45) is 5.92 Å². The Morgan fingerprint density at radius 3 is 2.64 bits per heavy atom. The van der Waals surface area contributed by atoms with Gasteiger partial charge in [-0.1, -0.05) is 18.2 Å². The molecule has 3 heterocycles. The van der Waals surface area contributed by atoms with Crippen molar-refractivity contribution in [3.8, 4) is 0 Å². The molecule has 6 nitrogen and oxygen atoms in total. The molecule has 3 aromatic rings. The third kappa shape index (κ3) is 4.29. The fraction of sp³-hybridized carbons (Fsp3) is 0.524. The van der Waals surface area contributed by atoms with Crippen molar-refractivity contribution in [1.82, 2.24) is 24.5 Å². The standard InChI is InChI=1S/C21H28N6S/c1-14-15(2)25-20(22)18-19(14)27(17(26-18)13-16-7-8-16)11-4-3-5-12-28-21-23-9-6-10-24-21/h6,9-10,16H,3-5,7-8,11-13H2,1-2H3,(H2,22,25). The van der Waals surface area contributed by atoms with Gasteiger partial charge in [0.2, 0.25) is 0 Å². The number of nitrogen functional groups attached to an aromatic ring is 1. The predicted octanol–water partition coefficient (Wildman–Crippen LogP) is 4.34. The number of rotatable bonds is 9. The highest BCUT2D eigenvalue weighted by atomic mass is 32.2. The van der Waals surface area contributed by atoms with Crippen LogP contribution in [-0.2, 0) is 13.0 Å². The lowest BCUT2D eigenvalue weighted by atomic mass is 10.2. The molecule has 0 radical (unpaired) electrons. The van der Waals surface area contributed by atoms with Gasteiger partial charge in [0.25, 0.3) is 0 Å². The van der Waals surface area contributed by atoms with Gasteiger partial charge < -0.3 is 10.3 Å². The lowest BCUT2D eigenvalue weighted by Crippen LogP contribution is -2.07. The molecule has 1 aliphatic rings. The molecule has 0 bridgehead atoms. The fourth-order valence-corrected chi connectivity index (χ4v) is 4.40. The van der Waals surface area contributed by atoms with Crippen LogP contribution in [0.3, 0.4) is 0 Å². The van der Waals surface area contributed by atoms with E-state index >= 15 is 0 Å². The van der Waals surface area contributed by atoms with E-state index in [-0.39, 0.29) is 0 Å². The van der Waals surface area contributed by atoms with Gasteiger partial charge in [-0.05, 0) is 57.1 Å². The molecule has 0 aromatic carbocycles. The first kappa shape index (κ1) is 19.2. The van der Waals surface area contributed by atoms with Crippen molar-refractivity contribution in [3.63, 3.8) is 0 Å². The van der Waals surface area contributed by atoms with Gasteiger partial charge in [0.05, 0.1) is 5.52 Å². The van der Waals surface area contributed by atoms with Crippen molar-refractivity contribution in [3.05, 3.63) is 35.5 Å². The van der Waals surface area contributed by atoms with E-state index in [0.717, 1.165) is 53.8 Å². The summed E-state index contributed by atoms with van der Waals surface area (Å²) in [7, 11) is 0. The lowest BCUT2D eigenvalue weighted by Gasteiger charge is -2.12. The molecule has 0 unspecified atom stereocenters. The van der Waals surface area contributed by atoms with Crippen molar-refractivity contribution in [1.29, 1.82) is 0 Å². The molecule has 1 saturated carbocycles. The minimum absolute atomic E-state index is 0.563. The number of fused-ring (bicyclic) bond motifs is 1. The molecule has 4 rings (SSSR count). The van der Waals surface area contributed by atoms with Crippen molar-refractivity contribution >= 4 is 28.6 Å². The zero-order valence-electron chi connectivity index (χ0n) is 16.7. The molecule has 0 amide bonds. The van der Waals surface area contributed by atoms with Gasteiger partial charge >= 0.3 is 0 Å². The van der Waals surface area contributed by atoms with Crippen molar-refractivity contribution < 1.29 is 0 Å². The largest absolute Gasteiger partial charge is 0.382 e. The minimum atomic E-state index is 0.563. The van der Waals surface area contributed by atoms with Gasteiger partial charge in [0.15, 0.2) is 11.0 Å². The Kier molecular flexibility index (Phi) is 5.80. The van der Waals surface area contributed by atoms with Crippen LogP contribution in [0.2, 0.25) is 0 Å². The highest BCUT2D eigenvalue weighted by molar-refractivity contribution is 7.99. The number of nitrogens with two attached hydrogens (primary N) is 1. The van der Waals surface area contributed by atoms with Crippen LogP contribution in [0.1, 0.15) is 49.2 Å². The molecule has 0 atom stereocenters. The molecular formula is C21H28N6S. The van der Waals surface area contributed by atoms with Gasteiger partial charge in [0.1, 0.15) is 11.3 Å². The van der Waals surface area contributed by atoms with Crippen LogP contribution in [0.4, 0.5) is 5.82 Å². The van der Waals surface area contributed by atoms with E-state index in [4.69, 9.17) is 10.7 Å². The molecule has 7 heteroatoms. The topological polar surface area (TPSA) is 82.5 Å². The van der Waals surface area contributed by atoms with Gasteiger partial charge in [-0.3, -0.25) is 0 Å². The van der Waals surface area contributed by atoms with Crippen LogP contribution >= 0.6 is 11.8 Å². The summed E-state index contributed by atoms with van der Waals surface area (Å²) < 4.78 is 2.42. The summed E-state index contributed by atoms with van der Waals surface area (Å²) in [5.74, 6) is 3.60. The summed E-state index contributed by atoms with van der Waals surface area (Å²) in [5, 5.41) is 0.865. The third-order valence-electron chi connectivity index (χ3n) is 5.44. The molecule has 28 heavy (non-hydrogen) atoms. The fourth-order valence-electron chi connectivity index (χ4n) is 3.60. The second-order valence-electron chi connectivity index (χ2n) is 7.67. The van der Waals surface area contributed by atoms with Crippen LogP contribution in [0.25, 0.3) is 11.0 Å². The number of aromatic nitrogens is 5. The number of hydrogen-bond donors (Lipinski definition) is 1. The van der Waals surface area contributed by atoms with Crippen LogP contribution in [0.5, 0.6) is 0 Å². The van der Waals surface area contributed by atoms with E-state index in [0.29, 0.717) is 5.82 Å². The quantitative estimate of drug-likeness (QED) is 0.329.